The number of aromatic nitrogens is 2. The van der Waals surface area contributed by atoms with Crippen molar-refractivity contribution in [3.05, 3.63) is 27.9 Å². The van der Waals surface area contributed by atoms with Gasteiger partial charge in [0.1, 0.15) is 5.82 Å². The fourth-order valence-electron chi connectivity index (χ4n) is 1.72. The Morgan fingerprint density at radius 3 is 3.23 bits per heavy atom. The Hall–Kier alpha value is -1.16. The zero-order valence-electron chi connectivity index (χ0n) is 7.49. The predicted octanol–water partition coefficient (Wildman–Crippen LogP) is -0.309. The molecule has 0 fully saturated rings. The number of rotatable bonds is 2. The van der Waals surface area contributed by atoms with Gasteiger partial charge in [-0.3, -0.25) is 9.36 Å². The van der Waals surface area contributed by atoms with Gasteiger partial charge in [0.2, 0.25) is 0 Å². The molecule has 70 valence electrons. The average Bonchev–Trinajstić information content (AvgIpc) is 2.58. The second kappa shape index (κ2) is 3.30. The highest BCUT2D eigenvalue weighted by molar-refractivity contribution is 5.10. The molecule has 0 spiro atoms. The van der Waals surface area contributed by atoms with Crippen molar-refractivity contribution in [2.45, 2.75) is 25.8 Å². The number of nitrogens with two attached hydrogens (primary N) is 1. The van der Waals surface area contributed by atoms with Crippen molar-refractivity contribution in [1.29, 1.82) is 0 Å². The van der Waals surface area contributed by atoms with Crippen molar-refractivity contribution in [2.75, 3.05) is 6.54 Å². The Balaban J connectivity index is 2.47. The van der Waals surface area contributed by atoms with Gasteiger partial charge in [-0.2, -0.15) is 0 Å². The standard InChI is InChI=1S/C9H13N3O/c10-4-3-7-6-11-8-2-1-5-12(8)9(7)13/h6H,1-5,10H2. The van der Waals surface area contributed by atoms with E-state index in [4.69, 9.17) is 5.73 Å². The van der Waals surface area contributed by atoms with E-state index in [1.807, 2.05) is 0 Å². The minimum Gasteiger partial charge on any atom is -0.330 e. The normalized spacial score (nSPS) is 14.5. The Morgan fingerprint density at radius 2 is 2.46 bits per heavy atom. The van der Waals surface area contributed by atoms with Crippen LogP contribution < -0.4 is 11.3 Å². The second-order valence-corrected chi connectivity index (χ2v) is 3.30. The molecule has 1 aromatic rings. The van der Waals surface area contributed by atoms with Crippen molar-refractivity contribution >= 4 is 0 Å². The molecular formula is C9H13N3O. The molecule has 0 radical (unpaired) electrons. The molecule has 0 atom stereocenters. The lowest BCUT2D eigenvalue weighted by atomic mass is 10.2. The lowest BCUT2D eigenvalue weighted by Crippen LogP contribution is -2.25. The maximum atomic E-state index is 11.7. The zero-order valence-corrected chi connectivity index (χ0v) is 7.49. The van der Waals surface area contributed by atoms with E-state index in [-0.39, 0.29) is 5.56 Å². The van der Waals surface area contributed by atoms with E-state index in [1.165, 1.54) is 0 Å². The Kier molecular flexibility index (Phi) is 2.14. The van der Waals surface area contributed by atoms with Gasteiger partial charge in [-0.25, -0.2) is 4.98 Å². The molecule has 0 unspecified atom stereocenters. The third kappa shape index (κ3) is 1.37. The smallest absolute Gasteiger partial charge is 0.256 e. The van der Waals surface area contributed by atoms with E-state index in [0.29, 0.717) is 13.0 Å². The molecule has 0 saturated heterocycles. The summed E-state index contributed by atoms with van der Waals surface area (Å²) in [5, 5.41) is 0. The maximum absolute atomic E-state index is 11.7. The van der Waals surface area contributed by atoms with Crippen LogP contribution >= 0.6 is 0 Å². The summed E-state index contributed by atoms with van der Waals surface area (Å²) < 4.78 is 1.77. The molecule has 0 aliphatic carbocycles. The van der Waals surface area contributed by atoms with Crippen LogP contribution in [0.2, 0.25) is 0 Å². The predicted molar refractivity (Wildman–Crippen MR) is 49.6 cm³/mol. The van der Waals surface area contributed by atoms with Gasteiger partial charge in [0.15, 0.2) is 0 Å². The fourth-order valence-corrected chi connectivity index (χ4v) is 1.72. The third-order valence-corrected chi connectivity index (χ3v) is 2.40. The van der Waals surface area contributed by atoms with Gasteiger partial charge in [0, 0.05) is 24.7 Å². The van der Waals surface area contributed by atoms with E-state index in [9.17, 15) is 4.79 Å². The second-order valence-electron chi connectivity index (χ2n) is 3.30. The molecule has 1 aliphatic rings. The first-order valence-corrected chi connectivity index (χ1v) is 4.60. The molecule has 13 heavy (non-hydrogen) atoms. The maximum Gasteiger partial charge on any atom is 0.256 e. The number of aryl methyl sites for hydroxylation is 1. The number of hydrogen-bond donors (Lipinski definition) is 1. The highest BCUT2D eigenvalue weighted by Crippen LogP contribution is 2.08. The first-order chi connectivity index (χ1) is 6.33. The third-order valence-electron chi connectivity index (χ3n) is 2.40. The first-order valence-electron chi connectivity index (χ1n) is 4.60. The Labute approximate surface area is 76.4 Å². The molecule has 0 amide bonds. The molecule has 2 N–H and O–H groups in total. The van der Waals surface area contributed by atoms with Gasteiger partial charge >= 0.3 is 0 Å². The minimum absolute atomic E-state index is 0.105. The highest BCUT2D eigenvalue weighted by atomic mass is 16.1. The van der Waals surface area contributed by atoms with Gasteiger partial charge in [0.25, 0.3) is 5.56 Å². The van der Waals surface area contributed by atoms with Crippen molar-refractivity contribution < 1.29 is 0 Å². The molecule has 2 heterocycles. The summed E-state index contributed by atoms with van der Waals surface area (Å²) in [4.78, 5) is 16.0. The van der Waals surface area contributed by atoms with Crippen LogP contribution in [0, 0.1) is 0 Å². The van der Waals surface area contributed by atoms with Crippen LogP contribution in [-0.4, -0.2) is 16.1 Å². The van der Waals surface area contributed by atoms with Gasteiger partial charge in [-0.1, -0.05) is 0 Å². The van der Waals surface area contributed by atoms with Crippen molar-refractivity contribution in [1.82, 2.24) is 9.55 Å². The number of fused-ring (bicyclic) bond motifs is 1. The Bertz CT molecular complexity index is 370. The van der Waals surface area contributed by atoms with Gasteiger partial charge in [-0.15, -0.1) is 0 Å². The molecule has 0 saturated carbocycles. The quantitative estimate of drug-likeness (QED) is 0.677. The van der Waals surface area contributed by atoms with E-state index < -0.39 is 0 Å². The SMILES string of the molecule is NCCc1cnc2n(c1=O)CCC2. The lowest BCUT2D eigenvalue weighted by Gasteiger charge is -2.03. The highest BCUT2D eigenvalue weighted by Gasteiger charge is 2.14. The van der Waals surface area contributed by atoms with Crippen LogP contribution in [0.25, 0.3) is 0 Å². The van der Waals surface area contributed by atoms with Crippen molar-refractivity contribution in [3.63, 3.8) is 0 Å². The van der Waals surface area contributed by atoms with Crippen LogP contribution in [0.15, 0.2) is 11.0 Å². The van der Waals surface area contributed by atoms with Gasteiger partial charge in [0.05, 0.1) is 0 Å². The molecular weight excluding hydrogens is 166 g/mol. The van der Waals surface area contributed by atoms with Gasteiger partial charge < -0.3 is 5.73 Å². The molecule has 1 aliphatic heterocycles. The monoisotopic (exact) mass is 179 g/mol. The van der Waals surface area contributed by atoms with E-state index in [1.54, 1.807) is 10.8 Å². The Morgan fingerprint density at radius 1 is 1.62 bits per heavy atom. The first kappa shape index (κ1) is 8.44. The van der Waals surface area contributed by atoms with E-state index in [0.717, 1.165) is 30.8 Å². The van der Waals surface area contributed by atoms with Crippen LogP contribution in [0.4, 0.5) is 0 Å². The summed E-state index contributed by atoms with van der Waals surface area (Å²) in [5.74, 6) is 0.922. The summed E-state index contributed by atoms with van der Waals surface area (Å²) >= 11 is 0. The summed E-state index contributed by atoms with van der Waals surface area (Å²) in [6.07, 6.45) is 4.27. The van der Waals surface area contributed by atoms with Crippen LogP contribution in [0.3, 0.4) is 0 Å². The lowest BCUT2D eigenvalue weighted by molar-refractivity contribution is 0.697. The fraction of sp³-hybridized carbons (Fsp3) is 0.556. The molecule has 1 aromatic heterocycles. The molecule has 4 nitrogen and oxygen atoms in total. The zero-order chi connectivity index (χ0) is 9.26. The van der Waals surface area contributed by atoms with Crippen molar-refractivity contribution in [2.24, 2.45) is 5.73 Å². The van der Waals surface area contributed by atoms with Crippen LogP contribution in [0.1, 0.15) is 17.8 Å². The summed E-state index contributed by atoms with van der Waals surface area (Å²) in [5.41, 5.74) is 6.25. The number of hydrogen-bond acceptors (Lipinski definition) is 3. The molecule has 0 bridgehead atoms. The average molecular weight is 179 g/mol. The number of nitrogens with zero attached hydrogens (tertiary/aromatic N) is 2. The molecule has 2 rings (SSSR count). The van der Waals surface area contributed by atoms with Gasteiger partial charge in [-0.05, 0) is 19.4 Å². The van der Waals surface area contributed by atoms with Crippen molar-refractivity contribution in [3.8, 4) is 0 Å². The summed E-state index contributed by atoms with van der Waals surface area (Å²) in [7, 11) is 0. The topological polar surface area (TPSA) is 60.9 Å². The van der Waals surface area contributed by atoms with Crippen LogP contribution in [-0.2, 0) is 19.4 Å². The largest absolute Gasteiger partial charge is 0.330 e. The summed E-state index contributed by atoms with van der Waals surface area (Å²) in [6, 6.07) is 0. The minimum atomic E-state index is 0.105. The molecule has 0 aromatic carbocycles. The van der Waals surface area contributed by atoms with Crippen LogP contribution in [0.5, 0.6) is 0 Å². The summed E-state index contributed by atoms with van der Waals surface area (Å²) in [6.45, 7) is 1.33. The molecule has 4 heteroatoms. The van der Waals surface area contributed by atoms with E-state index >= 15 is 0 Å². The van der Waals surface area contributed by atoms with E-state index in [2.05, 4.69) is 4.98 Å².